The summed E-state index contributed by atoms with van der Waals surface area (Å²) in [4.78, 5) is 0. The van der Waals surface area contributed by atoms with Crippen LogP contribution in [0, 0.1) is 12.3 Å². The molecule has 42 valence electrons. The van der Waals surface area contributed by atoms with Gasteiger partial charge in [0.2, 0.25) is 0 Å². The number of furan rings is 1. The lowest BCUT2D eigenvalue weighted by Gasteiger charge is -1.80. The van der Waals surface area contributed by atoms with Gasteiger partial charge in [0.25, 0.3) is 0 Å². The van der Waals surface area contributed by atoms with Crippen LogP contribution in [0.15, 0.2) is 28.7 Å². The molecule has 1 aromatic heterocycles. The quantitative estimate of drug-likeness (QED) is 0.513. The van der Waals surface area contributed by atoms with Gasteiger partial charge in [0, 0.05) is 5.39 Å². The van der Waals surface area contributed by atoms with Crippen molar-refractivity contribution in [1.29, 1.82) is 0 Å². The van der Waals surface area contributed by atoms with Gasteiger partial charge in [0.15, 0.2) is 6.26 Å². The topological polar surface area (TPSA) is 13.1 Å². The SMILES string of the molecule is [c]1ccc2o[c]cc2c1. The van der Waals surface area contributed by atoms with Crippen molar-refractivity contribution in [2.24, 2.45) is 0 Å². The second-order valence-corrected chi connectivity index (χ2v) is 1.83. The third-order valence-corrected chi connectivity index (χ3v) is 1.24. The largest absolute Gasteiger partial charge is 0.453 e. The van der Waals surface area contributed by atoms with E-state index < -0.39 is 0 Å². The van der Waals surface area contributed by atoms with Crippen molar-refractivity contribution in [1.82, 2.24) is 0 Å². The number of benzene rings is 1. The molecular weight excluding hydrogens is 112 g/mol. The van der Waals surface area contributed by atoms with E-state index >= 15 is 0 Å². The van der Waals surface area contributed by atoms with E-state index in [0.717, 1.165) is 11.0 Å². The molecule has 0 bridgehead atoms. The van der Waals surface area contributed by atoms with Crippen LogP contribution in [0.25, 0.3) is 11.0 Å². The fraction of sp³-hybridized carbons (Fsp3) is 0. The van der Waals surface area contributed by atoms with Crippen LogP contribution in [0.2, 0.25) is 0 Å². The van der Waals surface area contributed by atoms with Gasteiger partial charge in [-0.2, -0.15) is 0 Å². The maximum Gasteiger partial charge on any atom is 0.170 e. The second-order valence-electron chi connectivity index (χ2n) is 1.83. The Morgan fingerprint density at radius 3 is 3.22 bits per heavy atom. The van der Waals surface area contributed by atoms with Crippen LogP contribution >= 0.6 is 0 Å². The van der Waals surface area contributed by atoms with Gasteiger partial charge in [-0.25, -0.2) is 0 Å². The Bertz CT molecular complexity index is 279. The van der Waals surface area contributed by atoms with E-state index in [9.17, 15) is 0 Å². The maximum atomic E-state index is 4.97. The van der Waals surface area contributed by atoms with Crippen LogP contribution in [0.3, 0.4) is 0 Å². The fourth-order valence-corrected chi connectivity index (χ4v) is 0.791. The highest BCUT2D eigenvalue weighted by Crippen LogP contribution is 2.11. The minimum absolute atomic E-state index is 0.869. The van der Waals surface area contributed by atoms with Crippen molar-refractivity contribution in [3.8, 4) is 0 Å². The predicted molar refractivity (Wildman–Crippen MR) is 33.9 cm³/mol. The van der Waals surface area contributed by atoms with Crippen LogP contribution in [0.4, 0.5) is 0 Å². The molecule has 0 fully saturated rings. The van der Waals surface area contributed by atoms with E-state index in [2.05, 4.69) is 12.3 Å². The van der Waals surface area contributed by atoms with Gasteiger partial charge in [0.1, 0.15) is 5.58 Å². The van der Waals surface area contributed by atoms with E-state index in [4.69, 9.17) is 4.42 Å². The van der Waals surface area contributed by atoms with Gasteiger partial charge in [-0.3, -0.25) is 0 Å². The zero-order chi connectivity index (χ0) is 6.10. The normalized spacial score (nSPS) is 10.2. The highest BCUT2D eigenvalue weighted by atomic mass is 16.3. The van der Waals surface area contributed by atoms with Gasteiger partial charge in [0.05, 0.1) is 0 Å². The molecule has 1 heteroatoms. The molecule has 0 saturated carbocycles. The van der Waals surface area contributed by atoms with E-state index in [-0.39, 0.29) is 0 Å². The maximum absolute atomic E-state index is 4.97. The minimum atomic E-state index is 0.869. The smallest absolute Gasteiger partial charge is 0.170 e. The summed E-state index contributed by atoms with van der Waals surface area (Å²) in [5.74, 6) is 0. The van der Waals surface area contributed by atoms with Crippen molar-refractivity contribution in [2.45, 2.75) is 0 Å². The number of hydrogen-bond acceptors (Lipinski definition) is 1. The third-order valence-electron chi connectivity index (χ3n) is 1.24. The van der Waals surface area contributed by atoms with E-state index in [1.807, 2.05) is 18.2 Å². The fourth-order valence-electron chi connectivity index (χ4n) is 0.791. The zero-order valence-corrected chi connectivity index (χ0v) is 4.72. The molecular formula is C8H4O. The molecule has 0 spiro atoms. The van der Waals surface area contributed by atoms with Gasteiger partial charge in [-0.05, 0) is 24.3 Å². The molecule has 0 saturated heterocycles. The summed E-state index contributed by atoms with van der Waals surface area (Å²) in [7, 11) is 0. The van der Waals surface area contributed by atoms with Crippen molar-refractivity contribution in [2.75, 3.05) is 0 Å². The van der Waals surface area contributed by atoms with Crippen LogP contribution in [0.5, 0.6) is 0 Å². The molecule has 1 nitrogen and oxygen atoms in total. The highest BCUT2D eigenvalue weighted by molar-refractivity contribution is 5.76. The first-order chi connectivity index (χ1) is 4.47. The molecule has 0 aliphatic carbocycles. The van der Waals surface area contributed by atoms with Crippen LogP contribution in [0.1, 0.15) is 0 Å². The lowest BCUT2D eigenvalue weighted by molar-refractivity contribution is 0.606. The molecule has 2 rings (SSSR count). The third kappa shape index (κ3) is 0.617. The summed E-state index contributed by atoms with van der Waals surface area (Å²) in [6.45, 7) is 0. The van der Waals surface area contributed by atoms with Crippen molar-refractivity contribution < 1.29 is 4.42 Å². The Hall–Kier alpha value is -1.24. The molecule has 2 radical (unpaired) electrons. The summed E-state index contributed by atoms with van der Waals surface area (Å²) in [5.41, 5.74) is 0.869. The van der Waals surface area contributed by atoms with E-state index in [0.29, 0.717) is 0 Å². The van der Waals surface area contributed by atoms with Gasteiger partial charge < -0.3 is 4.42 Å². The molecule has 2 aromatic rings. The second kappa shape index (κ2) is 1.62. The minimum Gasteiger partial charge on any atom is -0.453 e. The molecule has 0 atom stereocenters. The summed E-state index contributed by atoms with van der Waals surface area (Å²) >= 11 is 0. The standard InChI is InChI=1S/C8H4O/c1-2-4-8-7(3-1)5-6-9-8/h2-5H. The number of hydrogen-bond donors (Lipinski definition) is 0. The van der Waals surface area contributed by atoms with Crippen molar-refractivity contribution >= 4 is 11.0 Å². The Balaban J connectivity index is 2.95. The van der Waals surface area contributed by atoms with Crippen LogP contribution in [-0.4, -0.2) is 0 Å². The summed E-state index contributed by atoms with van der Waals surface area (Å²) in [6, 6.07) is 10.3. The van der Waals surface area contributed by atoms with E-state index in [1.165, 1.54) is 0 Å². The molecule has 1 heterocycles. The molecule has 9 heavy (non-hydrogen) atoms. The zero-order valence-electron chi connectivity index (χ0n) is 4.72. The molecule has 0 amide bonds. The Morgan fingerprint density at radius 1 is 1.33 bits per heavy atom. The molecule has 0 unspecified atom stereocenters. The average molecular weight is 116 g/mol. The van der Waals surface area contributed by atoms with Crippen molar-refractivity contribution in [3.05, 3.63) is 36.6 Å². The Kier molecular flexibility index (Phi) is 0.833. The average Bonchev–Trinajstić information content (AvgIpc) is 2.33. The lowest BCUT2D eigenvalue weighted by atomic mass is 10.3. The highest BCUT2D eigenvalue weighted by Gasteiger charge is 1.90. The van der Waals surface area contributed by atoms with Gasteiger partial charge in [-0.15, -0.1) is 0 Å². The first-order valence-electron chi connectivity index (χ1n) is 2.72. The van der Waals surface area contributed by atoms with Gasteiger partial charge in [-0.1, -0.05) is 6.07 Å². The predicted octanol–water partition coefficient (Wildman–Crippen LogP) is 2.03. The Morgan fingerprint density at radius 2 is 2.33 bits per heavy atom. The summed E-state index contributed by atoms with van der Waals surface area (Å²) in [5, 5.41) is 1.05. The summed E-state index contributed by atoms with van der Waals surface area (Å²) < 4.78 is 4.97. The number of rotatable bonds is 0. The first-order valence-corrected chi connectivity index (χ1v) is 2.72. The first kappa shape index (κ1) is 4.62. The van der Waals surface area contributed by atoms with Crippen molar-refractivity contribution in [3.63, 3.8) is 0 Å². The Labute approximate surface area is 52.9 Å². The molecule has 0 aliphatic rings. The molecule has 1 aromatic carbocycles. The van der Waals surface area contributed by atoms with Gasteiger partial charge >= 0.3 is 0 Å². The number of fused-ring (bicyclic) bond motifs is 1. The van der Waals surface area contributed by atoms with Crippen LogP contribution < -0.4 is 0 Å². The lowest BCUT2D eigenvalue weighted by Crippen LogP contribution is -1.58. The molecule has 0 aliphatic heterocycles. The summed E-state index contributed by atoms with van der Waals surface area (Å²) in [6.07, 6.45) is 2.64. The van der Waals surface area contributed by atoms with Crippen LogP contribution in [-0.2, 0) is 0 Å². The monoisotopic (exact) mass is 116 g/mol. The van der Waals surface area contributed by atoms with E-state index in [1.54, 1.807) is 6.07 Å². The molecule has 0 N–H and O–H groups in total.